The van der Waals surface area contributed by atoms with Gasteiger partial charge < -0.3 is 9.42 Å². The van der Waals surface area contributed by atoms with Crippen LogP contribution in [0.3, 0.4) is 0 Å². The summed E-state index contributed by atoms with van der Waals surface area (Å²) in [6, 6.07) is 0.113. The molecule has 0 aromatic carbocycles. The lowest BCUT2D eigenvalue weighted by Gasteiger charge is -2.23. The Hall–Kier alpha value is -1.58. The van der Waals surface area contributed by atoms with E-state index in [4.69, 9.17) is 4.52 Å². The van der Waals surface area contributed by atoms with Crippen LogP contribution < -0.4 is 0 Å². The third-order valence-electron chi connectivity index (χ3n) is 3.36. The van der Waals surface area contributed by atoms with Gasteiger partial charge in [0.1, 0.15) is 5.76 Å². The summed E-state index contributed by atoms with van der Waals surface area (Å²) in [5.41, 5.74) is 2.07. The molecule has 1 aliphatic heterocycles. The molecule has 2 heterocycles. The molecule has 2 rings (SSSR count). The fourth-order valence-electron chi connectivity index (χ4n) is 2.55. The maximum atomic E-state index is 11.8. The SMILES string of the molecule is C=CC(=O)N1CCCC1c1c(CC)noc1C. The van der Waals surface area contributed by atoms with Crippen LogP contribution in [-0.4, -0.2) is 22.5 Å². The van der Waals surface area contributed by atoms with E-state index in [9.17, 15) is 4.79 Å². The molecule has 1 aliphatic rings. The summed E-state index contributed by atoms with van der Waals surface area (Å²) in [4.78, 5) is 13.7. The molecule has 1 atom stereocenters. The van der Waals surface area contributed by atoms with E-state index in [2.05, 4.69) is 18.7 Å². The highest BCUT2D eigenvalue weighted by Gasteiger charge is 2.33. The van der Waals surface area contributed by atoms with E-state index in [1.807, 2.05) is 11.8 Å². The van der Waals surface area contributed by atoms with Gasteiger partial charge in [0.05, 0.1) is 11.7 Å². The molecule has 1 aromatic rings. The molecule has 0 spiro atoms. The van der Waals surface area contributed by atoms with Crippen LogP contribution >= 0.6 is 0 Å². The van der Waals surface area contributed by atoms with Crippen molar-refractivity contribution in [1.29, 1.82) is 0 Å². The number of rotatable bonds is 3. The summed E-state index contributed by atoms with van der Waals surface area (Å²) in [5, 5.41) is 4.06. The summed E-state index contributed by atoms with van der Waals surface area (Å²) in [6.45, 7) is 8.31. The zero-order chi connectivity index (χ0) is 12.4. The van der Waals surface area contributed by atoms with Crippen molar-refractivity contribution in [2.45, 2.75) is 39.2 Å². The fraction of sp³-hybridized carbons (Fsp3) is 0.538. The van der Waals surface area contributed by atoms with Crippen molar-refractivity contribution in [3.63, 3.8) is 0 Å². The number of hydrogen-bond acceptors (Lipinski definition) is 3. The maximum Gasteiger partial charge on any atom is 0.246 e. The predicted octanol–water partition coefficient (Wildman–Crippen LogP) is 2.39. The number of hydrogen-bond donors (Lipinski definition) is 0. The summed E-state index contributed by atoms with van der Waals surface area (Å²) in [6.07, 6.45) is 4.22. The first-order valence-electron chi connectivity index (χ1n) is 6.07. The molecule has 4 heteroatoms. The van der Waals surface area contributed by atoms with Crippen molar-refractivity contribution in [1.82, 2.24) is 10.1 Å². The first kappa shape index (κ1) is 11.9. The first-order valence-corrected chi connectivity index (χ1v) is 6.07. The third-order valence-corrected chi connectivity index (χ3v) is 3.36. The molecule has 1 aromatic heterocycles. The lowest BCUT2D eigenvalue weighted by molar-refractivity contribution is -0.126. The Labute approximate surface area is 101 Å². The Balaban J connectivity index is 2.34. The molecule has 0 aliphatic carbocycles. The van der Waals surface area contributed by atoms with Gasteiger partial charge in [0.15, 0.2) is 0 Å². The van der Waals surface area contributed by atoms with Crippen LogP contribution in [0.15, 0.2) is 17.2 Å². The van der Waals surface area contributed by atoms with Crippen LogP contribution in [0.1, 0.15) is 42.8 Å². The van der Waals surface area contributed by atoms with Crippen LogP contribution in [0.5, 0.6) is 0 Å². The van der Waals surface area contributed by atoms with E-state index in [0.29, 0.717) is 0 Å². The quantitative estimate of drug-likeness (QED) is 0.754. The van der Waals surface area contributed by atoms with Gasteiger partial charge >= 0.3 is 0 Å². The topological polar surface area (TPSA) is 46.3 Å². The van der Waals surface area contributed by atoms with Crippen molar-refractivity contribution < 1.29 is 9.32 Å². The van der Waals surface area contributed by atoms with Crippen molar-refractivity contribution in [2.24, 2.45) is 0 Å². The highest BCUT2D eigenvalue weighted by atomic mass is 16.5. The minimum Gasteiger partial charge on any atom is -0.361 e. The highest BCUT2D eigenvalue weighted by Crippen LogP contribution is 2.35. The van der Waals surface area contributed by atoms with Gasteiger partial charge in [0, 0.05) is 12.1 Å². The normalized spacial score (nSPS) is 19.6. The smallest absolute Gasteiger partial charge is 0.246 e. The van der Waals surface area contributed by atoms with Gasteiger partial charge in [-0.25, -0.2) is 0 Å². The summed E-state index contributed by atoms with van der Waals surface area (Å²) >= 11 is 0. The third kappa shape index (κ3) is 1.99. The van der Waals surface area contributed by atoms with E-state index in [1.165, 1.54) is 6.08 Å². The van der Waals surface area contributed by atoms with Gasteiger partial charge in [-0.05, 0) is 32.3 Å². The van der Waals surface area contributed by atoms with Crippen LogP contribution in [0.2, 0.25) is 0 Å². The van der Waals surface area contributed by atoms with Crippen molar-refractivity contribution in [3.8, 4) is 0 Å². The van der Waals surface area contributed by atoms with Gasteiger partial charge in [-0.1, -0.05) is 18.7 Å². The molecule has 1 amide bonds. The van der Waals surface area contributed by atoms with Crippen LogP contribution in [0.25, 0.3) is 0 Å². The number of carbonyl (C=O) groups excluding carboxylic acids is 1. The molecule has 0 bridgehead atoms. The number of aryl methyl sites for hydroxylation is 2. The number of aromatic nitrogens is 1. The summed E-state index contributed by atoms with van der Waals surface area (Å²) in [7, 11) is 0. The molecule has 17 heavy (non-hydrogen) atoms. The van der Waals surface area contributed by atoms with Crippen molar-refractivity contribution >= 4 is 5.91 Å². The number of likely N-dealkylation sites (tertiary alicyclic amines) is 1. The Kier molecular flexibility index (Phi) is 3.31. The van der Waals surface area contributed by atoms with Gasteiger partial charge in [0.25, 0.3) is 0 Å². The Morgan fingerprint density at radius 1 is 1.71 bits per heavy atom. The van der Waals surface area contributed by atoms with Crippen molar-refractivity contribution in [2.75, 3.05) is 6.54 Å². The molecule has 1 saturated heterocycles. The second-order valence-corrected chi connectivity index (χ2v) is 4.35. The molecule has 0 radical (unpaired) electrons. The largest absolute Gasteiger partial charge is 0.361 e. The average Bonchev–Trinajstić information content (AvgIpc) is 2.93. The molecular formula is C13H18N2O2. The number of amides is 1. The molecule has 0 saturated carbocycles. The fourth-order valence-corrected chi connectivity index (χ4v) is 2.55. The molecule has 1 fully saturated rings. The van der Waals surface area contributed by atoms with Gasteiger partial charge in [-0.15, -0.1) is 0 Å². The van der Waals surface area contributed by atoms with Crippen molar-refractivity contribution in [3.05, 3.63) is 29.7 Å². The Bertz CT molecular complexity index is 437. The minimum atomic E-state index is -0.00449. The van der Waals surface area contributed by atoms with Crippen LogP contribution in [0, 0.1) is 6.92 Å². The zero-order valence-corrected chi connectivity index (χ0v) is 10.4. The van der Waals surface area contributed by atoms with E-state index in [-0.39, 0.29) is 11.9 Å². The van der Waals surface area contributed by atoms with Gasteiger partial charge in [0.2, 0.25) is 5.91 Å². The van der Waals surface area contributed by atoms with Crippen LogP contribution in [0.4, 0.5) is 0 Å². The predicted molar refractivity (Wildman–Crippen MR) is 64.5 cm³/mol. The second kappa shape index (κ2) is 4.73. The minimum absolute atomic E-state index is 0.00449. The van der Waals surface area contributed by atoms with Gasteiger partial charge in [-0.2, -0.15) is 0 Å². The molecule has 4 nitrogen and oxygen atoms in total. The highest BCUT2D eigenvalue weighted by molar-refractivity contribution is 5.87. The zero-order valence-electron chi connectivity index (χ0n) is 10.4. The number of carbonyl (C=O) groups is 1. The van der Waals surface area contributed by atoms with E-state index in [1.54, 1.807) is 0 Å². The molecule has 1 unspecified atom stereocenters. The molecule has 0 N–H and O–H groups in total. The Morgan fingerprint density at radius 2 is 2.47 bits per heavy atom. The lowest BCUT2D eigenvalue weighted by Crippen LogP contribution is -2.29. The molecule has 92 valence electrons. The van der Waals surface area contributed by atoms with E-state index < -0.39 is 0 Å². The van der Waals surface area contributed by atoms with E-state index in [0.717, 1.165) is 42.8 Å². The monoisotopic (exact) mass is 234 g/mol. The standard InChI is InChI=1S/C13H18N2O2/c1-4-10-13(9(3)17-14-10)11-7-6-8-15(11)12(16)5-2/h5,11H,2,4,6-8H2,1,3H3. The lowest BCUT2D eigenvalue weighted by atomic mass is 10.0. The molecular weight excluding hydrogens is 216 g/mol. The maximum absolute atomic E-state index is 11.8. The summed E-state index contributed by atoms with van der Waals surface area (Å²) < 4.78 is 5.25. The van der Waals surface area contributed by atoms with Crippen LogP contribution in [-0.2, 0) is 11.2 Å². The number of nitrogens with zero attached hydrogens (tertiary/aromatic N) is 2. The average molecular weight is 234 g/mol. The van der Waals surface area contributed by atoms with Gasteiger partial charge in [-0.3, -0.25) is 4.79 Å². The first-order chi connectivity index (χ1) is 8.19. The summed E-state index contributed by atoms with van der Waals surface area (Å²) in [5.74, 6) is 0.825. The Morgan fingerprint density at radius 3 is 3.12 bits per heavy atom. The van der Waals surface area contributed by atoms with E-state index >= 15 is 0 Å². The second-order valence-electron chi connectivity index (χ2n) is 4.35.